The van der Waals surface area contributed by atoms with Gasteiger partial charge in [-0.25, -0.2) is 9.97 Å². The van der Waals surface area contributed by atoms with Crippen LogP contribution in [0, 0.1) is 16.7 Å². The maximum atomic E-state index is 12.4. The Kier molecular flexibility index (Phi) is 6.50. The second kappa shape index (κ2) is 9.93. The maximum absolute atomic E-state index is 12.4. The van der Waals surface area contributed by atoms with Gasteiger partial charge >= 0.3 is 0 Å². The highest BCUT2D eigenvalue weighted by Crippen LogP contribution is 2.34. The molecule has 194 valence electrons. The third-order valence-corrected chi connectivity index (χ3v) is 6.70. The van der Waals surface area contributed by atoms with E-state index in [1.807, 2.05) is 31.2 Å². The fraction of sp³-hybridized carbons (Fsp3) is 0.346. The van der Waals surface area contributed by atoms with Gasteiger partial charge in [-0.1, -0.05) is 13.8 Å². The Morgan fingerprint density at radius 3 is 2.71 bits per heavy atom. The van der Waals surface area contributed by atoms with E-state index in [-0.39, 0.29) is 22.7 Å². The van der Waals surface area contributed by atoms with Crippen molar-refractivity contribution < 1.29 is 9.53 Å². The van der Waals surface area contributed by atoms with Crippen LogP contribution in [0.3, 0.4) is 0 Å². The number of aromatic nitrogens is 6. The van der Waals surface area contributed by atoms with Crippen molar-refractivity contribution in [3.8, 4) is 23.2 Å². The Morgan fingerprint density at radius 1 is 1.24 bits per heavy atom. The molecule has 1 aliphatic rings. The van der Waals surface area contributed by atoms with E-state index in [2.05, 4.69) is 44.2 Å². The molecule has 0 saturated carbocycles. The van der Waals surface area contributed by atoms with Gasteiger partial charge in [0.05, 0.1) is 17.9 Å². The predicted octanol–water partition coefficient (Wildman–Crippen LogP) is 2.67. The second-order valence-electron chi connectivity index (χ2n) is 9.79. The highest BCUT2D eigenvalue weighted by molar-refractivity contribution is 5.97. The molecule has 12 nitrogen and oxygen atoms in total. The van der Waals surface area contributed by atoms with E-state index < -0.39 is 5.91 Å². The van der Waals surface area contributed by atoms with Crippen LogP contribution in [0.15, 0.2) is 42.7 Å². The minimum absolute atomic E-state index is 0.00594. The van der Waals surface area contributed by atoms with E-state index >= 15 is 0 Å². The van der Waals surface area contributed by atoms with Crippen LogP contribution >= 0.6 is 0 Å². The average Bonchev–Trinajstić information content (AvgIpc) is 3.35. The molecule has 1 fully saturated rings. The molecule has 0 radical (unpaired) electrons. The molecule has 1 atom stereocenters. The number of ether oxygens (including phenoxy) is 1. The Bertz CT molecular complexity index is 1510. The van der Waals surface area contributed by atoms with Gasteiger partial charge in [0.15, 0.2) is 17.2 Å². The highest BCUT2D eigenvalue weighted by atomic mass is 16.5. The van der Waals surface area contributed by atoms with Crippen LogP contribution in [0.25, 0.3) is 16.9 Å². The van der Waals surface area contributed by atoms with Crippen molar-refractivity contribution in [1.29, 1.82) is 5.26 Å². The normalized spacial score (nSPS) is 16.7. The topological polar surface area (TPSA) is 160 Å². The summed E-state index contributed by atoms with van der Waals surface area (Å²) >= 11 is 0. The van der Waals surface area contributed by atoms with Gasteiger partial charge in [0.1, 0.15) is 11.9 Å². The number of nitriles is 1. The van der Waals surface area contributed by atoms with E-state index in [1.165, 1.54) is 6.20 Å². The first-order valence-corrected chi connectivity index (χ1v) is 12.3. The van der Waals surface area contributed by atoms with Gasteiger partial charge in [0.2, 0.25) is 5.88 Å². The minimum Gasteiger partial charge on any atom is -0.478 e. The van der Waals surface area contributed by atoms with Crippen LogP contribution in [0.5, 0.6) is 5.88 Å². The lowest BCUT2D eigenvalue weighted by atomic mass is 9.79. The standard InChI is InChI=1S/C26H28N10O2/c1-4-38-23-8-5-16(13-30-23)19-11-22-29-14-18(24(28)37)25(36(22)34-19)31-20-9-10-35(15-26(20,2)3)21-7-6-17(12-27)32-33-21/h5-8,11,13-14,20,31H,4,9-10,15H2,1-3H3,(H2,28,37). The van der Waals surface area contributed by atoms with Gasteiger partial charge < -0.3 is 20.7 Å². The number of piperidine rings is 1. The summed E-state index contributed by atoms with van der Waals surface area (Å²) in [5.74, 6) is 1.17. The highest BCUT2D eigenvalue weighted by Gasteiger charge is 2.37. The molecule has 38 heavy (non-hydrogen) atoms. The van der Waals surface area contributed by atoms with Crippen molar-refractivity contribution in [3.05, 3.63) is 54.0 Å². The van der Waals surface area contributed by atoms with Crippen molar-refractivity contribution in [3.63, 3.8) is 0 Å². The lowest BCUT2D eigenvalue weighted by molar-refractivity contribution is 0.1000. The Labute approximate surface area is 219 Å². The number of rotatable bonds is 7. The van der Waals surface area contributed by atoms with Crippen molar-refractivity contribution in [2.45, 2.75) is 33.2 Å². The summed E-state index contributed by atoms with van der Waals surface area (Å²) in [5, 5.41) is 25.5. The molecule has 1 aliphatic heterocycles. The summed E-state index contributed by atoms with van der Waals surface area (Å²) in [4.78, 5) is 23.3. The number of primary amides is 1. The van der Waals surface area contributed by atoms with Gasteiger partial charge in [-0.15, -0.1) is 10.2 Å². The number of nitrogens with zero attached hydrogens (tertiary/aromatic N) is 8. The first-order valence-electron chi connectivity index (χ1n) is 12.3. The SMILES string of the molecule is CCOc1ccc(-c2cc3ncc(C(N)=O)c(NC4CCN(c5ccc(C#N)nn5)CC4(C)C)n3n2)cn1. The predicted molar refractivity (Wildman–Crippen MR) is 141 cm³/mol. The van der Waals surface area contributed by atoms with Crippen molar-refractivity contribution in [1.82, 2.24) is 29.8 Å². The Balaban J connectivity index is 1.44. The molecule has 5 rings (SSSR count). The van der Waals surface area contributed by atoms with Gasteiger partial charge in [0.25, 0.3) is 5.91 Å². The van der Waals surface area contributed by atoms with Crippen LogP contribution < -0.4 is 20.7 Å². The van der Waals surface area contributed by atoms with Gasteiger partial charge in [-0.2, -0.15) is 14.9 Å². The van der Waals surface area contributed by atoms with Gasteiger partial charge in [-0.05, 0) is 31.5 Å². The van der Waals surface area contributed by atoms with E-state index in [0.717, 1.165) is 17.8 Å². The summed E-state index contributed by atoms with van der Waals surface area (Å²) < 4.78 is 7.06. The molecule has 0 spiro atoms. The fourth-order valence-corrected chi connectivity index (χ4v) is 4.70. The molecule has 1 amide bonds. The molecular weight excluding hydrogens is 484 g/mol. The van der Waals surface area contributed by atoms with Crippen LogP contribution in [0.2, 0.25) is 0 Å². The molecule has 4 aromatic rings. The first kappa shape index (κ1) is 24.9. The van der Waals surface area contributed by atoms with E-state index in [9.17, 15) is 4.79 Å². The number of fused-ring (bicyclic) bond motifs is 1. The monoisotopic (exact) mass is 512 g/mol. The lowest BCUT2D eigenvalue weighted by Crippen LogP contribution is -2.52. The molecule has 5 heterocycles. The number of hydrogen-bond donors (Lipinski definition) is 2. The second-order valence-corrected chi connectivity index (χ2v) is 9.79. The van der Waals surface area contributed by atoms with Crippen molar-refractivity contribution in [2.75, 3.05) is 29.9 Å². The van der Waals surface area contributed by atoms with Crippen molar-refractivity contribution >= 4 is 23.2 Å². The first-order chi connectivity index (χ1) is 18.3. The zero-order valence-electron chi connectivity index (χ0n) is 21.4. The fourth-order valence-electron chi connectivity index (χ4n) is 4.70. The number of nitrogens with one attached hydrogen (secondary N) is 1. The summed E-state index contributed by atoms with van der Waals surface area (Å²) in [5.41, 5.74) is 8.07. The van der Waals surface area contributed by atoms with Crippen LogP contribution in [0.1, 0.15) is 43.2 Å². The smallest absolute Gasteiger partial charge is 0.254 e. The molecule has 1 unspecified atom stereocenters. The van der Waals surface area contributed by atoms with Crippen LogP contribution in [-0.4, -0.2) is 61.4 Å². The number of pyridine rings is 1. The lowest BCUT2D eigenvalue weighted by Gasteiger charge is -2.45. The van der Waals surface area contributed by atoms with E-state index in [0.29, 0.717) is 42.7 Å². The average molecular weight is 513 g/mol. The van der Waals surface area contributed by atoms with Crippen molar-refractivity contribution in [2.24, 2.45) is 11.1 Å². The zero-order valence-corrected chi connectivity index (χ0v) is 21.4. The molecule has 0 bridgehead atoms. The summed E-state index contributed by atoms with van der Waals surface area (Å²) in [7, 11) is 0. The molecule has 3 N–H and O–H groups in total. The molecule has 4 aromatic heterocycles. The van der Waals surface area contributed by atoms with Crippen LogP contribution in [0.4, 0.5) is 11.6 Å². The Morgan fingerprint density at radius 2 is 2.08 bits per heavy atom. The molecule has 12 heteroatoms. The summed E-state index contributed by atoms with van der Waals surface area (Å²) in [6.45, 7) is 8.14. The molecule has 0 aliphatic carbocycles. The van der Waals surface area contributed by atoms with E-state index in [1.54, 1.807) is 22.8 Å². The van der Waals surface area contributed by atoms with Crippen LogP contribution in [-0.2, 0) is 0 Å². The third-order valence-electron chi connectivity index (χ3n) is 6.70. The van der Waals surface area contributed by atoms with E-state index in [4.69, 9.17) is 20.8 Å². The molecular formula is C26H28N10O2. The third kappa shape index (κ3) is 4.78. The number of carbonyl (C=O) groups excluding carboxylic acids is 1. The number of carbonyl (C=O) groups is 1. The Hall–Kier alpha value is -4.79. The summed E-state index contributed by atoms with van der Waals surface area (Å²) in [6, 6.07) is 11.0. The summed E-state index contributed by atoms with van der Waals surface area (Å²) in [6.07, 6.45) is 3.93. The zero-order chi connectivity index (χ0) is 26.9. The largest absolute Gasteiger partial charge is 0.478 e. The number of amides is 1. The number of nitrogens with two attached hydrogens (primary N) is 1. The van der Waals surface area contributed by atoms with Gasteiger partial charge in [-0.3, -0.25) is 4.79 Å². The maximum Gasteiger partial charge on any atom is 0.254 e. The molecule has 1 saturated heterocycles. The minimum atomic E-state index is -0.593. The molecule has 0 aromatic carbocycles. The number of hydrogen-bond acceptors (Lipinski definition) is 10. The quantitative estimate of drug-likeness (QED) is 0.377. The van der Waals surface area contributed by atoms with Gasteiger partial charge in [0, 0.05) is 54.6 Å². The number of anilines is 2.